The summed E-state index contributed by atoms with van der Waals surface area (Å²) in [4.78, 5) is 0. The molecule has 21 heavy (non-hydrogen) atoms. The quantitative estimate of drug-likeness (QED) is 0.475. The van der Waals surface area contributed by atoms with Gasteiger partial charge in [0.2, 0.25) is 0 Å². The van der Waals surface area contributed by atoms with Crippen molar-refractivity contribution in [3.05, 3.63) is 38.5 Å². The maximum absolute atomic E-state index is 12.7. The molecule has 0 unspecified atom stereocenters. The lowest BCUT2D eigenvalue weighted by atomic mass is 10.2. The van der Waals surface area contributed by atoms with Gasteiger partial charge in [0.1, 0.15) is 17.7 Å². The highest BCUT2D eigenvalue weighted by atomic mass is 35.5. The van der Waals surface area contributed by atoms with Gasteiger partial charge in [-0.3, -0.25) is 5.43 Å². The van der Waals surface area contributed by atoms with Crippen LogP contribution < -0.4 is 10.9 Å². The maximum Gasteiger partial charge on any atom is 0.417 e. The molecular formula is C11H4Cl3F3N4. The zero-order valence-electron chi connectivity index (χ0n) is 9.82. The molecule has 0 aliphatic heterocycles. The number of hydrazine groups is 1. The highest BCUT2D eigenvalue weighted by Crippen LogP contribution is 2.44. The van der Waals surface area contributed by atoms with Crippen molar-refractivity contribution < 1.29 is 13.2 Å². The Labute approximate surface area is 132 Å². The molecule has 1 rings (SSSR count). The number of hydrogen-bond donors (Lipinski definition) is 2. The van der Waals surface area contributed by atoms with Crippen molar-refractivity contribution in [3.8, 4) is 12.1 Å². The van der Waals surface area contributed by atoms with Crippen LogP contribution in [-0.2, 0) is 6.18 Å². The molecule has 1 aromatic carbocycles. The van der Waals surface area contributed by atoms with E-state index < -0.39 is 21.8 Å². The van der Waals surface area contributed by atoms with Gasteiger partial charge in [-0.05, 0) is 6.07 Å². The molecule has 0 radical (unpaired) electrons. The van der Waals surface area contributed by atoms with Gasteiger partial charge in [-0.15, -0.1) is 0 Å². The molecule has 0 heterocycles. The summed E-state index contributed by atoms with van der Waals surface area (Å²) in [6, 6.07) is 3.74. The molecule has 4 nitrogen and oxygen atoms in total. The number of alkyl halides is 3. The van der Waals surface area contributed by atoms with Gasteiger partial charge in [0.05, 0.1) is 26.3 Å². The van der Waals surface area contributed by atoms with E-state index in [4.69, 9.17) is 45.3 Å². The second kappa shape index (κ2) is 6.77. The van der Waals surface area contributed by atoms with E-state index in [1.165, 1.54) is 0 Å². The van der Waals surface area contributed by atoms with Crippen molar-refractivity contribution in [2.45, 2.75) is 6.18 Å². The van der Waals surface area contributed by atoms with Crippen molar-refractivity contribution >= 4 is 40.5 Å². The summed E-state index contributed by atoms with van der Waals surface area (Å²) in [5.41, 5.74) is 3.10. The van der Waals surface area contributed by atoms with Crippen molar-refractivity contribution in [2.24, 2.45) is 0 Å². The van der Waals surface area contributed by atoms with E-state index in [-0.39, 0.29) is 16.3 Å². The van der Waals surface area contributed by atoms with Gasteiger partial charge in [0.15, 0.2) is 0 Å². The Kier molecular flexibility index (Phi) is 5.56. The average molecular weight is 356 g/mol. The average Bonchev–Trinajstić information content (AvgIpc) is 2.41. The van der Waals surface area contributed by atoms with Crippen LogP contribution >= 0.6 is 34.8 Å². The van der Waals surface area contributed by atoms with Crippen molar-refractivity contribution in [1.29, 1.82) is 10.5 Å². The summed E-state index contributed by atoms with van der Waals surface area (Å²) in [5, 5.41) is 15.5. The minimum atomic E-state index is -4.70. The van der Waals surface area contributed by atoms with E-state index in [9.17, 15) is 13.2 Å². The summed E-state index contributed by atoms with van der Waals surface area (Å²) in [6.07, 6.45) is -3.72. The van der Waals surface area contributed by atoms with Crippen LogP contribution in [0.4, 0.5) is 18.9 Å². The predicted octanol–water partition coefficient (Wildman–Crippen LogP) is 4.51. The van der Waals surface area contributed by atoms with Crippen LogP contribution in [0.25, 0.3) is 0 Å². The van der Waals surface area contributed by atoms with Crippen molar-refractivity contribution in [3.63, 3.8) is 0 Å². The van der Waals surface area contributed by atoms with Crippen LogP contribution in [0.1, 0.15) is 5.56 Å². The summed E-state index contributed by atoms with van der Waals surface area (Å²) < 4.78 is 38.0. The third-order valence-electron chi connectivity index (χ3n) is 2.12. The first kappa shape index (κ1) is 17.3. The Balaban J connectivity index is 3.13. The molecule has 2 N–H and O–H groups in total. The Hall–Kier alpha value is -1.80. The maximum atomic E-state index is 12.7. The predicted molar refractivity (Wildman–Crippen MR) is 72.5 cm³/mol. The molecule has 0 saturated heterocycles. The van der Waals surface area contributed by atoms with Crippen molar-refractivity contribution in [2.75, 3.05) is 5.43 Å². The molecule has 0 aromatic heterocycles. The smallest absolute Gasteiger partial charge is 0.306 e. The summed E-state index contributed by atoms with van der Waals surface area (Å²) in [5.74, 6) is 0. The van der Waals surface area contributed by atoms with E-state index in [1.807, 2.05) is 0 Å². The number of nitrogens with zero attached hydrogens (tertiary/aromatic N) is 2. The largest absolute Gasteiger partial charge is 0.417 e. The van der Waals surface area contributed by atoms with E-state index in [1.54, 1.807) is 12.1 Å². The molecule has 0 aliphatic rings. The zero-order chi connectivity index (χ0) is 16.2. The van der Waals surface area contributed by atoms with Crippen LogP contribution in [0.15, 0.2) is 17.8 Å². The molecule has 0 amide bonds. The van der Waals surface area contributed by atoms with Gasteiger partial charge < -0.3 is 5.43 Å². The van der Waals surface area contributed by atoms with Gasteiger partial charge in [0, 0.05) is 6.20 Å². The molecule has 10 heteroatoms. The normalized spacial score (nSPS) is 10.3. The fourth-order valence-corrected chi connectivity index (χ4v) is 1.99. The number of hydrogen-bond acceptors (Lipinski definition) is 4. The molecule has 110 valence electrons. The van der Waals surface area contributed by atoms with Gasteiger partial charge >= 0.3 is 6.18 Å². The van der Waals surface area contributed by atoms with Crippen LogP contribution in [0.5, 0.6) is 0 Å². The van der Waals surface area contributed by atoms with Gasteiger partial charge in [0.25, 0.3) is 0 Å². The van der Waals surface area contributed by atoms with E-state index >= 15 is 0 Å². The Morgan fingerprint density at radius 3 is 2.19 bits per heavy atom. The highest BCUT2D eigenvalue weighted by Gasteiger charge is 2.35. The summed E-state index contributed by atoms with van der Waals surface area (Å²) in [7, 11) is 0. The fourth-order valence-electron chi connectivity index (χ4n) is 1.19. The molecule has 0 fully saturated rings. The number of benzene rings is 1. The number of nitrogens with one attached hydrogen (secondary N) is 2. The van der Waals surface area contributed by atoms with Gasteiger partial charge in [-0.2, -0.15) is 23.7 Å². The molecular weight excluding hydrogens is 352 g/mol. The van der Waals surface area contributed by atoms with Gasteiger partial charge in [-0.1, -0.05) is 34.8 Å². The molecule has 0 bridgehead atoms. The minimum Gasteiger partial charge on any atom is -0.306 e. The third kappa shape index (κ3) is 4.08. The molecule has 1 aromatic rings. The van der Waals surface area contributed by atoms with E-state index in [0.29, 0.717) is 6.07 Å². The lowest BCUT2D eigenvalue weighted by molar-refractivity contribution is -0.137. The number of nitriles is 2. The number of halogens is 6. The van der Waals surface area contributed by atoms with Crippen molar-refractivity contribution in [1.82, 2.24) is 5.43 Å². The molecule has 0 atom stereocenters. The second-order valence-electron chi connectivity index (χ2n) is 3.46. The van der Waals surface area contributed by atoms with E-state index in [0.717, 1.165) is 6.20 Å². The second-order valence-corrected chi connectivity index (χ2v) is 4.62. The first-order valence-corrected chi connectivity index (χ1v) is 6.12. The summed E-state index contributed by atoms with van der Waals surface area (Å²) >= 11 is 17.0. The Bertz CT molecular complexity index is 655. The first-order valence-electron chi connectivity index (χ1n) is 4.99. The topological polar surface area (TPSA) is 71.6 Å². The van der Waals surface area contributed by atoms with Crippen LogP contribution in [0.2, 0.25) is 15.1 Å². The Morgan fingerprint density at radius 1 is 1.14 bits per heavy atom. The third-order valence-corrected chi connectivity index (χ3v) is 3.28. The van der Waals surface area contributed by atoms with E-state index in [2.05, 4.69) is 10.9 Å². The van der Waals surface area contributed by atoms with Crippen LogP contribution in [0, 0.1) is 22.7 Å². The minimum absolute atomic E-state index is 0.122. The SMILES string of the molecule is N#CC(C#N)=CNNc1c(Cl)cc(C(F)(F)F)c(Cl)c1Cl. The lowest BCUT2D eigenvalue weighted by Gasteiger charge is -2.15. The number of anilines is 1. The zero-order valence-corrected chi connectivity index (χ0v) is 12.1. The fraction of sp³-hybridized carbons (Fsp3) is 0.0909. The highest BCUT2D eigenvalue weighted by molar-refractivity contribution is 6.46. The number of allylic oxidation sites excluding steroid dienone is 1. The standard InChI is InChI=1S/C11H4Cl3F3N4/c12-7-1-6(11(15,16)17)8(13)9(14)10(7)21-20-4-5(2-18)3-19/h1,4,20-21H. The molecule has 0 aliphatic carbocycles. The lowest BCUT2D eigenvalue weighted by Crippen LogP contribution is -2.17. The molecule has 0 saturated carbocycles. The monoisotopic (exact) mass is 354 g/mol. The van der Waals surface area contributed by atoms with Crippen LogP contribution in [-0.4, -0.2) is 0 Å². The summed E-state index contributed by atoms with van der Waals surface area (Å²) in [6.45, 7) is 0. The number of rotatable bonds is 3. The van der Waals surface area contributed by atoms with Gasteiger partial charge in [-0.25, -0.2) is 0 Å². The van der Waals surface area contributed by atoms with Crippen LogP contribution in [0.3, 0.4) is 0 Å². The first-order chi connectivity index (χ1) is 9.72. The molecule has 0 spiro atoms. The Morgan fingerprint density at radius 2 is 1.71 bits per heavy atom.